The Morgan fingerprint density at radius 3 is 2.44 bits per heavy atom. The molecule has 2 heteroatoms. The minimum atomic E-state index is 0.565. The normalized spacial score (nSPS) is 10.7. The Balaban J connectivity index is 2.85. The van der Waals surface area contributed by atoms with Crippen LogP contribution in [0.1, 0.15) is 25.3 Å². The Morgan fingerprint density at radius 1 is 1.56 bits per heavy atom. The topological polar surface area (TPSA) is 17.0 Å². The van der Waals surface area contributed by atoms with Crippen molar-refractivity contribution in [1.29, 1.82) is 0 Å². The highest BCUT2D eigenvalue weighted by molar-refractivity contribution is 5.02. The quantitative estimate of drug-likeness (QED) is 0.517. The van der Waals surface area contributed by atoms with E-state index in [1.54, 1.807) is 11.0 Å². The number of aromatic nitrogens is 1. The fourth-order valence-corrected chi connectivity index (χ4v) is 0.700. The molecule has 0 atom stereocenters. The van der Waals surface area contributed by atoms with Gasteiger partial charge in [-0.1, -0.05) is 13.8 Å². The highest BCUT2D eigenvalue weighted by atomic mass is 16.5. The maximum atomic E-state index is 5.04. The Labute approximate surface area is 55.1 Å². The van der Waals surface area contributed by atoms with Gasteiger partial charge in [0.15, 0.2) is 13.3 Å². The van der Waals surface area contributed by atoms with Gasteiger partial charge in [0, 0.05) is 0 Å². The van der Waals surface area contributed by atoms with Crippen LogP contribution in [0, 0.1) is 0 Å². The standard InChI is InChI=1S/C7H12NO/c1-6(2)7-4-8(3)9-5-7/h4-6H,1-3H3/q+1. The predicted molar refractivity (Wildman–Crippen MR) is 34.0 cm³/mol. The molecule has 0 aromatic carbocycles. The third-order valence-corrected chi connectivity index (χ3v) is 1.35. The van der Waals surface area contributed by atoms with Crippen molar-refractivity contribution in [3.05, 3.63) is 18.0 Å². The van der Waals surface area contributed by atoms with Crippen LogP contribution in [0.5, 0.6) is 0 Å². The van der Waals surface area contributed by atoms with E-state index in [1.807, 2.05) is 13.2 Å². The first-order valence-electron chi connectivity index (χ1n) is 3.14. The van der Waals surface area contributed by atoms with Crippen LogP contribution in [-0.4, -0.2) is 0 Å². The molecule has 9 heavy (non-hydrogen) atoms. The zero-order valence-corrected chi connectivity index (χ0v) is 6.09. The maximum Gasteiger partial charge on any atom is 0.222 e. The van der Waals surface area contributed by atoms with Gasteiger partial charge in [0.2, 0.25) is 6.20 Å². The van der Waals surface area contributed by atoms with Gasteiger partial charge in [0.05, 0.1) is 5.56 Å². The van der Waals surface area contributed by atoms with E-state index in [9.17, 15) is 0 Å². The molecular weight excluding hydrogens is 114 g/mol. The maximum absolute atomic E-state index is 5.04. The predicted octanol–water partition coefficient (Wildman–Crippen LogP) is 1.23. The van der Waals surface area contributed by atoms with Crippen molar-refractivity contribution in [2.24, 2.45) is 7.05 Å². The van der Waals surface area contributed by atoms with Gasteiger partial charge in [0.1, 0.15) is 0 Å². The fourth-order valence-electron chi connectivity index (χ4n) is 0.700. The summed E-state index contributed by atoms with van der Waals surface area (Å²) in [7, 11) is 1.88. The molecule has 0 bridgehead atoms. The van der Waals surface area contributed by atoms with E-state index in [0.29, 0.717) is 5.92 Å². The smallest absolute Gasteiger partial charge is 0.222 e. The third-order valence-electron chi connectivity index (χ3n) is 1.35. The van der Waals surface area contributed by atoms with E-state index in [4.69, 9.17) is 4.52 Å². The largest absolute Gasteiger partial charge is 0.245 e. The number of aryl methyl sites for hydroxylation is 1. The molecule has 0 saturated carbocycles. The van der Waals surface area contributed by atoms with Crippen LogP contribution in [0.15, 0.2) is 17.0 Å². The summed E-state index contributed by atoms with van der Waals surface area (Å²) in [6, 6.07) is 0. The summed E-state index contributed by atoms with van der Waals surface area (Å²) < 4.78 is 6.75. The monoisotopic (exact) mass is 126 g/mol. The molecule has 0 aliphatic carbocycles. The summed E-state index contributed by atoms with van der Waals surface area (Å²) in [4.78, 5) is 0. The Morgan fingerprint density at radius 2 is 2.22 bits per heavy atom. The second-order valence-electron chi connectivity index (χ2n) is 2.55. The highest BCUT2D eigenvalue weighted by Gasteiger charge is 2.06. The number of nitrogens with zero attached hydrogens (tertiary/aromatic N) is 1. The van der Waals surface area contributed by atoms with Crippen LogP contribution in [0.4, 0.5) is 0 Å². The van der Waals surface area contributed by atoms with Gasteiger partial charge < -0.3 is 0 Å². The summed E-state index contributed by atoms with van der Waals surface area (Å²) >= 11 is 0. The van der Waals surface area contributed by atoms with Crippen molar-refractivity contribution in [3.8, 4) is 0 Å². The summed E-state index contributed by atoms with van der Waals surface area (Å²) in [5.74, 6) is 0.565. The van der Waals surface area contributed by atoms with Crippen LogP contribution in [0.2, 0.25) is 0 Å². The molecule has 1 rings (SSSR count). The van der Waals surface area contributed by atoms with Crippen LogP contribution < -0.4 is 4.74 Å². The van der Waals surface area contributed by atoms with Gasteiger partial charge in [-0.15, -0.1) is 0 Å². The summed E-state index contributed by atoms with van der Waals surface area (Å²) in [5, 5.41) is 0. The van der Waals surface area contributed by atoms with E-state index in [1.165, 1.54) is 5.56 Å². The molecule has 1 aromatic heterocycles. The molecule has 0 N–H and O–H groups in total. The van der Waals surface area contributed by atoms with Gasteiger partial charge in [-0.3, -0.25) is 0 Å². The molecule has 1 aromatic rings. The van der Waals surface area contributed by atoms with Crippen molar-refractivity contribution in [3.63, 3.8) is 0 Å². The van der Waals surface area contributed by atoms with Crippen molar-refractivity contribution in [1.82, 2.24) is 0 Å². The zero-order valence-electron chi connectivity index (χ0n) is 6.09. The molecular formula is C7H12NO+. The molecule has 0 aliphatic heterocycles. The average Bonchev–Trinajstić information content (AvgIpc) is 2.14. The first kappa shape index (κ1) is 6.33. The number of rotatable bonds is 1. The number of hydrogen-bond acceptors (Lipinski definition) is 1. The van der Waals surface area contributed by atoms with Crippen LogP contribution in [-0.2, 0) is 7.05 Å². The second kappa shape index (κ2) is 2.21. The first-order valence-corrected chi connectivity index (χ1v) is 3.14. The Hall–Kier alpha value is -0.790. The SMILES string of the molecule is CC(C)c1co[n+](C)c1. The van der Waals surface area contributed by atoms with Crippen LogP contribution in [0.3, 0.4) is 0 Å². The molecule has 50 valence electrons. The lowest BCUT2D eigenvalue weighted by molar-refractivity contribution is -0.845. The van der Waals surface area contributed by atoms with Crippen molar-refractivity contribution < 1.29 is 9.26 Å². The van der Waals surface area contributed by atoms with Gasteiger partial charge >= 0.3 is 0 Å². The third kappa shape index (κ3) is 1.31. The lowest BCUT2D eigenvalue weighted by Crippen LogP contribution is -2.22. The van der Waals surface area contributed by atoms with Gasteiger partial charge in [0.25, 0.3) is 0 Å². The molecule has 0 unspecified atom stereocenters. The van der Waals surface area contributed by atoms with E-state index < -0.39 is 0 Å². The first-order chi connectivity index (χ1) is 4.20. The lowest BCUT2D eigenvalue weighted by Gasteiger charge is -1.90. The molecule has 0 spiro atoms. The Bertz CT molecular complexity index is 191. The summed E-state index contributed by atoms with van der Waals surface area (Å²) in [6.07, 6.45) is 3.77. The summed E-state index contributed by atoms with van der Waals surface area (Å²) in [5.41, 5.74) is 1.25. The minimum absolute atomic E-state index is 0.565. The molecule has 0 aliphatic rings. The molecule has 0 amide bonds. The molecule has 0 radical (unpaired) electrons. The molecule has 2 nitrogen and oxygen atoms in total. The Kier molecular flexibility index (Phi) is 1.56. The lowest BCUT2D eigenvalue weighted by atomic mass is 10.1. The average molecular weight is 126 g/mol. The van der Waals surface area contributed by atoms with Crippen LogP contribution >= 0.6 is 0 Å². The van der Waals surface area contributed by atoms with E-state index in [-0.39, 0.29) is 0 Å². The summed E-state index contributed by atoms with van der Waals surface area (Å²) in [6.45, 7) is 4.29. The second-order valence-corrected chi connectivity index (χ2v) is 2.55. The van der Waals surface area contributed by atoms with E-state index in [0.717, 1.165) is 0 Å². The van der Waals surface area contributed by atoms with Crippen molar-refractivity contribution >= 4 is 0 Å². The molecule has 0 fully saturated rings. The molecule has 1 heterocycles. The fraction of sp³-hybridized carbons (Fsp3) is 0.571. The van der Waals surface area contributed by atoms with Gasteiger partial charge in [-0.2, -0.15) is 0 Å². The minimum Gasteiger partial charge on any atom is -0.245 e. The van der Waals surface area contributed by atoms with Crippen molar-refractivity contribution in [2.75, 3.05) is 0 Å². The molecule has 0 saturated heterocycles. The highest BCUT2D eigenvalue weighted by Crippen LogP contribution is 2.10. The van der Waals surface area contributed by atoms with Gasteiger partial charge in [-0.25, -0.2) is 4.52 Å². The van der Waals surface area contributed by atoms with E-state index >= 15 is 0 Å². The van der Waals surface area contributed by atoms with Crippen molar-refractivity contribution in [2.45, 2.75) is 19.8 Å². The number of hydrogen-bond donors (Lipinski definition) is 0. The zero-order chi connectivity index (χ0) is 6.85. The van der Waals surface area contributed by atoms with E-state index in [2.05, 4.69) is 13.8 Å². The van der Waals surface area contributed by atoms with Crippen LogP contribution in [0.25, 0.3) is 0 Å². The van der Waals surface area contributed by atoms with Gasteiger partial charge in [-0.05, 0) is 10.7 Å².